The fourth-order valence-corrected chi connectivity index (χ4v) is 1.68. The lowest BCUT2D eigenvalue weighted by Gasteiger charge is -2.37. The fraction of sp³-hybridized carbons (Fsp3) is 0.917. The highest BCUT2D eigenvalue weighted by molar-refractivity contribution is 5.81. The molecule has 2 atom stereocenters. The van der Waals surface area contributed by atoms with E-state index in [2.05, 4.69) is 19.2 Å². The maximum atomic E-state index is 12.0. The first-order valence-electron chi connectivity index (χ1n) is 5.79. The summed E-state index contributed by atoms with van der Waals surface area (Å²) in [4.78, 5) is 12.0. The molecule has 4 heteroatoms. The van der Waals surface area contributed by atoms with Crippen LogP contribution < -0.4 is 5.32 Å². The van der Waals surface area contributed by atoms with E-state index in [0.29, 0.717) is 6.61 Å². The summed E-state index contributed by atoms with van der Waals surface area (Å²) >= 11 is 0. The molecule has 0 amide bonds. The Balaban J connectivity index is 5.00. The summed E-state index contributed by atoms with van der Waals surface area (Å²) in [7, 11) is 3.01. The highest BCUT2D eigenvalue weighted by Gasteiger charge is 2.43. The van der Waals surface area contributed by atoms with E-state index in [4.69, 9.17) is 9.47 Å². The van der Waals surface area contributed by atoms with Crippen molar-refractivity contribution in [3.05, 3.63) is 0 Å². The van der Waals surface area contributed by atoms with E-state index < -0.39 is 5.54 Å². The second-order valence-electron chi connectivity index (χ2n) is 4.50. The van der Waals surface area contributed by atoms with Crippen LogP contribution in [0.2, 0.25) is 0 Å². The Morgan fingerprint density at radius 3 is 2.19 bits per heavy atom. The quantitative estimate of drug-likeness (QED) is 0.676. The number of hydrogen-bond donors (Lipinski definition) is 1. The minimum absolute atomic E-state index is 0.105. The van der Waals surface area contributed by atoms with Crippen molar-refractivity contribution in [2.45, 2.75) is 45.7 Å². The van der Waals surface area contributed by atoms with Gasteiger partial charge in [-0.2, -0.15) is 0 Å². The van der Waals surface area contributed by atoms with Crippen molar-refractivity contribution in [2.75, 3.05) is 20.8 Å². The van der Waals surface area contributed by atoms with Gasteiger partial charge in [0.15, 0.2) is 0 Å². The van der Waals surface area contributed by atoms with Crippen LogP contribution in [0, 0.1) is 5.92 Å². The summed E-state index contributed by atoms with van der Waals surface area (Å²) in [6, 6.07) is 0.247. The zero-order chi connectivity index (χ0) is 12.8. The van der Waals surface area contributed by atoms with Crippen molar-refractivity contribution in [3.63, 3.8) is 0 Å². The summed E-state index contributed by atoms with van der Waals surface area (Å²) in [6.07, 6.45) is 0.954. The molecule has 0 aliphatic rings. The van der Waals surface area contributed by atoms with Gasteiger partial charge in [-0.1, -0.05) is 20.8 Å². The second kappa shape index (κ2) is 6.86. The summed E-state index contributed by atoms with van der Waals surface area (Å²) in [6.45, 7) is 8.43. The Labute approximate surface area is 98.7 Å². The molecular formula is C12H25NO3. The van der Waals surface area contributed by atoms with E-state index in [1.54, 1.807) is 7.11 Å². The molecule has 0 saturated heterocycles. The Bertz CT molecular complexity index is 218. The number of hydrogen-bond acceptors (Lipinski definition) is 4. The van der Waals surface area contributed by atoms with Gasteiger partial charge in [0.2, 0.25) is 0 Å². The predicted octanol–water partition coefficient (Wildman–Crippen LogP) is 1.59. The van der Waals surface area contributed by atoms with Gasteiger partial charge in [0.1, 0.15) is 5.54 Å². The fourth-order valence-electron chi connectivity index (χ4n) is 1.68. The molecule has 0 aromatic rings. The average Bonchev–Trinajstić information content (AvgIpc) is 2.26. The van der Waals surface area contributed by atoms with Crippen LogP contribution in [-0.2, 0) is 14.3 Å². The lowest BCUT2D eigenvalue weighted by atomic mass is 9.86. The van der Waals surface area contributed by atoms with Gasteiger partial charge in [-0.3, -0.25) is 5.32 Å². The highest BCUT2D eigenvalue weighted by Crippen LogP contribution is 2.21. The minimum Gasteiger partial charge on any atom is -0.468 e. The number of carbonyl (C=O) groups excluding carboxylic acids is 1. The Hall–Kier alpha value is -0.610. The monoisotopic (exact) mass is 231 g/mol. The van der Waals surface area contributed by atoms with Gasteiger partial charge < -0.3 is 9.47 Å². The van der Waals surface area contributed by atoms with E-state index in [9.17, 15) is 4.79 Å². The molecule has 4 nitrogen and oxygen atoms in total. The minimum atomic E-state index is -0.751. The van der Waals surface area contributed by atoms with Crippen molar-refractivity contribution in [3.8, 4) is 0 Å². The summed E-state index contributed by atoms with van der Waals surface area (Å²) in [5, 5.41) is 3.33. The average molecular weight is 231 g/mol. The van der Waals surface area contributed by atoms with Crippen LogP contribution in [0.25, 0.3) is 0 Å². The van der Waals surface area contributed by atoms with Crippen LogP contribution in [0.5, 0.6) is 0 Å². The third kappa shape index (κ3) is 3.46. The van der Waals surface area contributed by atoms with Gasteiger partial charge in [0.25, 0.3) is 0 Å². The molecule has 0 saturated carbocycles. The predicted molar refractivity (Wildman–Crippen MR) is 64.3 cm³/mol. The van der Waals surface area contributed by atoms with Gasteiger partial charge in [0, 0.05) is 13.2 Å². The van der Waals surface area contributed by atoms with Gasteiger partial charge in [-0.15, -0.1) is 0 Å². The number of ether oxygens (including phenoxy) is 2. The maximum absolute atomic E-state index is 12.0. The molecule has 0 rings (SSSR count). The molecule has 0 aromatic heterocycles. The third-order valence-corrected chi connectivity index (χ3v) is 3.02. The van der Waals surface area contributed by atoms with E-state index in [-0.39, 0.29) is 17.9 Å². The van der Waals surface area contributed by atoms with Gasteiger partial charge >= 0.3 is 5.97 Å². The molecule has 0 spiro atoms. The lowest BCUT2D eigenvalue weighted by molar-refractivity contribution is -0.154. The topological polar surface area (TPSA) is 47.6 Å². The Morgan fingerprint density at radius 1 is 1.31 bits per heavy atom. The molecule has 16 heavy (non-hydrogen) atoms. The first-order valence-corrected chi connectivity index (χ1v) is 5.79. The normalized spacial score (nSPS) is 16.9. The summed E-state index contributed by atoms with van der Waals surface area (Å²) in [5.41, 5.74) is -0.751. The van der Waals surface area contributed by atoms with Gasteiger partial charge in [0.05, 0.1) is 13.7 Å². The molecule has 0 radical (unpaired) electrons. The molecule has 2 unspecified atom stereocenters. The lowest BCUT2D eigenvalue weighted by Crippen LogP contribution is -2.62. The molecule has 0 aliphatic heterocycles. The molecule has 0 aliphatic carbocycles. The van der Waals surface area contributed by atoms with Crippen molar-refractivity contribution < 1.29 is 14.3 Å². The Morgan fingerprint density at radius 2 is 1.88 bits per heavy atom. The van der Waals surface area contributed by atoms with E-state index in [1.165, 1.54) is 7.11 Å². The number of rotatable bonds is 7. The highest BCUT2D eigenvalue weighted by atomic mass is 16.5. The smallest absolute Gasteiger partial charge is 0.328 e. The van der Waals surface area contributed by atoms with Crippen LogP contribution >= 0.6 is 0 Å². The molecule has 0 aromatic carbocycles. The van der Waals surface area contributed by atoms with Gasteiger partial charge in [-0.05, 0) is 19.3 Å². The molecule has 0 fully saturated rings. The first kappa shape index (κ1) is 15.4. The van der Waals surface area contributed by atoms with E-state index in [1.807, 2.05) is 13.8 Å². The first-order chi connectivity index (χ1) is 7.44. The zero-order valence-electron chi connectivity index (χ0n) is 11.3. The molecule has 96 valence electrons. The van der Waals surface area contributed by atoms with Crippen molar-refractivity contribution in [1.29, 1.82) is 0 Å². The van der Waals surface area contributed by atoms with Crippen molar-refractivity contribution in [2.24, 2.45) is 5.92 Å². The summed E-state index contributed by atoms with van der Waals surface area (Å²) in [5.74, 6) is -0.154. The standard InChI is InChI=1S/C12H25NO3/c1-7-10(4)13-12(8-15-5,9(2)3)11(14)16-6/h9-10,13H,7-8H2,1-6H3. The summed E-state index contributed by atoms with van der Waals surface area (Å²) < 4.78 is 10.1. The zero-order valence-corrected chi connectivity index (χ0v) is 11.3. The number of nitrogens with one attached hydrogen (secondary N) is 1. The van der Waals surface area contributed by atoms with E-state index >= 15 is 0 Å². The maximum Gasteiger partial charge on any atom is 0.328 e. The molecule has 1 N–H and O–H groups in total. The molecule has 0 bridgehead atoms. The Kier molecular flexibility index (Phi) is 6.60. The van der Waals surface area contributed by atoms with E-state index in [0.717, 1.165) is 6.42 Å². The van der Waals surface area contributed by atoms with Crippen molar-refractivity contribution in [1.82, 2.24) is 5.32 Å². The number of methoxy groups -OCH3 is 2. The van der Waals surface area contributed by atoms with Crippen LogP contribution in [0.15, 0.2) is 0 Å². The number of esters is 1. The van der Waals surface area contributed by atoms with Crippen LogP contribution in [0.4, 0.5) is 0 Å². The van der Waals surface area contributed by atoms with Crippen LogP contribution in [0.3, 0.4) is 0 Å². The SMILES string of the molecule is CCC(C)NC(COC)(C(=O)OC)C(C)C. The largest absolute Gasteiger partial charge is 0.468 e. The molecular weight excluding hydrogens is 206 g/mol. The van der Waals surface area contributed by atoms with Crippen LogP contribution in [0.1, 0.15) is 34.1 Å². The third-order valence-electron chi connectivity index (χ3n) is 3.02. The number of carbonyl (C=O) groups is 1. The molecule has 0 heterocycles. The van der Waals surface area contributed by atoms with Crippen LogP contribution in [-0.4, -0.2) is 38.4 Å². The second-order valence-corrected chi connectivity index (χ2v) is 4.50. The van der Waals surface area contributed by atoms with Gasteiger partial charge in [-0.25, -0.2) is 4.79 Å². The van der Waals surface area contributed by atoms with Crippen molar-refractivity contribution >= 4 is 5.97 Å².